The zero-order valence-electron chi connectivity index (χ0n) is 13.4. The Hall–Kier alpha value is -2.80. The summed E-state index contributed by atoms with van der Waals surface area (Å²) in [6.07, 6.45) is 6.37. The van der Waals surface area contributed by atoms with Gasteiger partial charge in [0.25, 0.3) is 0 Å². The lowest BCUT2D eigenvalue weighted by atomic mass is 10.1. The standard InChI is InChI=1S/C17H17N5OS/c1-12(20-17(23)8-5-15-9-24-13(2)21-15)14-3-6-16(7-4-14)22-11-18-10-19-22/h3-12H,1-2H3,(H,20,23)/b8-5+. The van der Waals surface area contributed by atoms with Crippen molar-refractivity contribution in [3.8, 4) is 5.69 Å². The van der Waals surface area contributed by atoms with Crippen LogP contribution in [0.3, 0.4) is 0 Å². The van der Waals surface area contributed by atoms with Crippen LogP contribution in [0.5, 0.6) is 0 Å². The van der Waals surface area contributed by atoms with E-state index in [2.05, 4.69) is 20.4 Å². The van der Waals surface area contributed by atoms with Gasteiger partial charge < -0.3 is 5.32 Å². The zero-order valence-corrected chi connectivity index (χ0v) is 14.2. The Morgan fingerprint density at radius 2 is 2.12 bits per heavy atom. The van der Waals surface area contributed by atoms with Crippen LogP contribution in [-0.4, -0.2) is 25.7 Å². The summed E-state index contributed by atoms with van der Waals surface area (Å²) < 4.78 is 1.69. The van der Waals surface area contributed by atoms with Crippen molar-refractivity contribution in [2.45, 2.75) is 19.9 Å². The molecule has 0 saturated heterocycles. The summed E-state index contributed by atoms with van der Waals surface area (Å²) in [6, 6.07) is 7.73. The predicted molar refractivity (Wildman–Crippen MR) is 93.8 cm³/mol. The van der Waals surface area contributed by atoms with Crippen LogP contribution >= 0.6 is 11.3 Å². The van der Waals surface area contributed by atoms with Gasteiger partial charge in [-0.25, -0.2) is 14.6 Å². The number of hydrogen-bond donors (Lipinski definition) is 1. The molecule has 3 aromatic rings. The van der Waals surface area contributed by atoms with Crippen molar-refractivity contribution in [1.29, 1.82) is 0 Å². The summed E-state index contributed by atoms with van der Waals surface area (Å²) in [7, 11) is 0. The molecule has 122 valence electrons. The molecule has 0 saturated carbocycles. The fourth-order valence-electron chi connectivity index (χ4n) is 2.22. The molecule has 0 aliphatic heterocycles. The molecule has 24 heavy (non-hydrogen) atoms. The number of aryl methyl sites for hydroxylation is 1. The summed E-state index contributed by atoms with van der Waals surface area (Å²) in [4.78, 5) is 20.2. The molecule has 0 aliphatic carbocycles. The molecule has 3 rings (SSSR count). The Kier molecular flexibility index (Phi) is 4.81. The summed E-state index contributed by atoms with van der Waals surface area (Å²) in [5.74, 6) is -0.145. The Morgan fingerprint density at radius 1 is 1.33 bits per heavy atom. The van der Waals surface area contributed by atoms with Gasteiger partial charge in [0.1, 0.15) is 12.7 Å². The summed E-state index contributed by atoms with van der Waals surface area (Å²) in [5, 5.41) is 9.93. The lowest BCUT2D eigenvalue weighted by Crippen LogP contribution is -2.24. The van der Waals surface area contributed by atoms with E-state index in [-0.39, 0.29) is 11.9 Å². The second-order valence-corrected chi connectivity index (χ2v) is 6.35. The molecule has 1 atom stereocenters. The number of nitrogens with one attached hydrogen (secondary N) is 1. The summed E-state index contributed by atoms with van der Waals surface area (Å²) in [6.45, 7) is 3.89. The highest BCUT2D eigenvalue weighted by molar-refractivity contribution is 7.09. The normalized spacial score (nSPS) is 12.4. The first-order valence-corrected chi connectivity index (χ1v) is 8.35. The first-order valence-electron chi connectivity index (χ1n) is 7.47. The van der Waals surface area contributed by atoms with Gasteiger partial charge in [-0.3, -0.25) is 4.79 Å². The predicted octanol–water partition coefficient (Wildman–Crippen LogP) is 2.92. The van der Waals surface area contributed by atoms with Gasteiger partial charge in [-0.1, -0.05) is 12.1 Å². The second-order valence-electron chi connectivity index (χ2n) is 5.29. The van der Waals surface area contributed by atoms with Gasteiger partial charge >= 0.3 is 0 Å². The SMILES string of the molecule is Cc1nc(/C=C/C(=O)NC(C)c2ccc(-n3cncn3)cc2)cs1. The molecule has 1 amide bonds. The van der Waals surface area contributed by atoms with Crippen molar-refractivity contribution in [3.63, 3.8) is 0 Å². The third kappa shape index (κ3) is 3.94. The number of aromatic nitrogens is 4. The molecule has 0 fully saturated rings. The summed E-state index contributed by atoms with van der Waals surface area (Å²) >= 11 is 1.56. The topological polar surface area (TPSA) is 72.7 Å². The van der Waals surface area contributed by atoms with E-state index in [1.807, 2.05) is 43.5 Å². The van der Waals surface area contributed by atoms with Crippen LogP contribution < -0.4 is 5.32 Å². The van der Waals surface area contributed by atoms with Crippen LogP contribution in [0.15, 0.2) is 48.4 Å². The molecule has 0 aliphatic rings. The number of amides is 1. The number of nitrogens with zero attached hydrogens (tertiary/aromatic N) is 4. The third-order valence-electron chi connectivity index (χ3n) is 3.48. The average molecular weight is 339 g/mol. The molecule has 0 spiro atoms. The van der Waals surface area contributed by atoms with Crippen LogP contribution in [-0.2, 0) is 4.79 Å². The van der Waals surface area contributed by atoms with Gasteiger partial charge in [-0.05, 0) is 37.6 Å². The Balaban J connectivity index is 1.60. The van der Waals surface area contributed by atoms with E-state index < -0.39 is 0 Å². The minimum Gasteiger partial charge on any atom is -0.346 e. The first kappa shape index (κ1) is 16.1. The maximum Gasteiger partial charge on any atom is 0.244 e. The molecule has 1 aromatic carbocycles. The van der Waals surface area contributed by atoms with Gasteiger partial charge in [0.15, 0.2) is 0 Å². The highest BCUT2D eigenvalue weighted by Gasteiger charge is 2.08. The smallest absolute Gasteiger partial charge is 0.244 e. The minimum absolute atomic E-state index is 0.0934. The number of thiazole rings is 1. The molecule has 2 aromatic heterocycles. The fraction of sp³-hybridized carbons (Fsp3) is 0.176. The van der Waals surface area contributed by atoms with E-state index in [9.17, 15) is 4.79 Å². The number of carbonyl (C=O) groups excluding carboxylic acids is 1. The van der Waals surface area contributed by atoms with Gasteiger partial charge in [0.05, 0.1) is 22.4 Å². The lowest BCUT2D eigenvalue weighted by molar-refractivity contribution is -0.117. The third-order valence-corrected chi connectivity index (χ3v) is 4.27. The van der Waals surface area contributed by atoms with E-state index >= 15 is 0 Å². The summed E-state index contributed by atoms with van der Waals surface area (Å²) in [5.41, 5.74) is 2.75. The quantitative estimate of drug-likeness (QED) is 0.726. The van der Waals surface area contributed by atoms with Gasteiger partial charge in [0, 0.05) is 11.5 Å². The van der Waals surface area contributed by atoms with E-state index in [1.165, 1.54) is 12.4 Å². The molecular weight excluding hydrogens is 322 g/mol. The van der Waals surface area contributed by atoms with Crippen LogP contribution in [0.1, 0.15) is 29.2 Å². The monoisotopic (exact) mass is 339 g/mol. The van der Waals surface area contributed by atoms with Crippen LogP contribution in [0.4, 0.5) is 0 Å². The van der Waals surface area contributed by atoms with Crippen LogP contribution in [0.25, 0.3) is 11.8 Å². The molecule has 0 bridgehead atoms. The Morgan fingerprint density at radius 3 is 2.75 bits per heavy atom. The first-order chi connectivity index (χ1) is 11.6. The van der Waals surface area contributed by atoms with Crippen molar-refractivity contribution in [3.05, 3.63) is 64.6 Å². The Bertz CT molecular complexity index is 836. The van der Waals surface area contributed by atoms with Crippen LogP contribution in [0.2, 0.25) is 0 Å². The van der Waals surface area contributed by atoms with E-state index in [1.54, 1.807) is 28.4 Å². The van der Waals surface area contributed by atoms with Gasteiger partial charge in [0.2, 0.25) is 5.91 Å². The van der Waals surface area contributed by atoms with E-state index in [4.69, 9.17) is 0 Å². The van der Waals surface area contributed by atoms with Crippen molar-refractivity contribution in [2.24, 2.45) is 0 Å². The highest BCUT2D eigenvalue weighted by atomic mass is 32.1. The van der Waals surface area contributed by atoms with Crippen molar-refractivity contribution in [1.82, 2.24) is 25.1 Å². The lowest BCUT2D eigenvalue weighted by Gasteiger charge is -2.13. The number of rotatable bonds is 5. The second kappa shape index (κ2) is 7.18. The van der Waals surface area contributed by atoms with Gasteiger partial charge in [-0.2, -0.15) is 5.10 Å². The van der Waals surface area contributed by atoms with Crippen molar-refractivity contribution < 1.29 is 4.79 Å². The molecule has 2 heterocycles. The molecular formula is C17H17N5OS. The van der Waals surface area contributed by atoms with E-state index in [0.29, 0.717) is 0 Å². The number of hydrogen-bond acceptors (Lipinski definition) is 5. The Labute approximate surface area is 143 Å². The van der Waals surface area contributed by atoms with E-state index in [0.717, 1.165) is 22.0 Å². The average Bonchev–Trinajstić information content (AvgIpc) is 3.25. The highest BCUT2D eigenvalue weighted by Crippen LogP contribution is 2.15. The molecule has 0 radical (unpaired) electrons. The molecule has 1 unspecified atom stereocenters. The van der Waals surface area contributed by atoms with Crippen LogP contribution in [0, 0.1) is 6.92 Å². The maximum absolute atomic E-state index is 12.0. The molecule has 6 nitrogen and oxygen atoms in total. The van der Waals surface area contributed by atoms with Crippen molar-refractivity contribution in [2.75, 3.05) is 0 Å². The zero-order chi connectivity index (χ0) is 16.9. The molecule has 1 N–H and O–H groups in total. The number of benzene rings is 1. The molecule has 7 heteroatoms. The van der Waals surface area contributed by atoms with Crippen molar-refractivity contribution >= 4 is 23.3 Å². The van der Waals surface area contributed by atoms with Gasteiger partial charge in [-0.15, -0.1) is 11.3 Å². The maximum atomic E-state index is 12.0. The minimum atomic E-state index is -0.145. The number of carbonyl (C=O) groups is 1. The fourth-order valence-corrected chi connectivity index (χ4v) is 2.80. The largest absolute Gasteiger partial charge is 0.346 e.